The molecule has 2 amide bonds. The van der Waals surface area contributed by atoms with Gasteiger partial charge in [0.15, 0.2) is 17.3 Å². The van der Waals surface area contributed by atoms with Gasteiger partial charge in [0.25, 0.3) is 5.91 Å². The Balaban J connectivity index is 1.39. The quantitative estimate of drug-likeness (QED) is 0.583. The van der Waals surface area contributed by atoms with Crippen molar-refractivity contribution >= 4 is 23.6 Å². The molecule has 0 bridgehead atoms. The van der Waals surface area contributed by atoms with E-state index >= 15 is 0 Å². The predicted molar refractivity (Wildman–Crippen MR) is 127 cm³/mol. The highest BCUT2D eigenvalue weighted by atomic mass is 32.2. The Labute approximate surface area is 198 Å². The summed E-state index contributed by atoms with van der Waals surface area (Å²) in [6.07, 6.45) is 2.32. The van der Waals surface area contributed by atoms with Crippen LogP contribution < -0.4 is 9.47 Å². The third-order valence-electron chi connectivity index (χ3n) is 6.25. The minimum atomic E-state index is -0.0647. The van der Waals surface area contributed by atoms with Crippen molar-refractivity contribution in [3.05, 3.63) is 47.9 Å². The maximum Gasteiger partial charge on any atom is 0.289 e. The predicted octanol–water partition coefficient (Wildman–Crippen LogP) is 3.11. The summed E-state index contributed by atoms with van der Waals surface area (Å²) in [6.45, 7) is 6.33. The molecule has 4 rings (SSSR count). The van der Waals surface area contributed by atoms with Gasteiger partial charge in [-0.25, -0.2) is 0 Å². The van der Waals surface area contributed by atoms with Crippen LogP contribution in [0.4, 0.5) is 0 Å². The lowest BCUT2D eigenvalue weighted by Crippen LogP contribution is -2.50. The molecule has 2 aromatic rings. The number of hydrogen-bond donors (Lipinski definition) is 0. The van der Waals surface area contributed by atoms with Crippen molar-refractivity contribution in [3.8, 4) is 11.5 Å². The molecule has 2 atom stereocenters. The molecule has 2 aliphatic rings. The summed E-state index contributed by atoms with van der Waals surface area (Å²) in [7, 11) is 3.24. The number of amides is 2. The zero-order valence-corrected chi connectivity index (χ0v) is 20.2. The average molecular weight is 474 g/mol. The summed E-state index contributed by atoms with van der Waals surface area (Å²) >= 11 is 1.70. The van der Waals surface area contributed by atoms with E-state index in [1.54, 1.807) is 38.1 Å². The third-order valence-corrected chi connectivity index (χ3v) is 7.89. The highest BCUT2D eigenvalue weighted by Gasteiger charge is 2.40. The van der Waals surface area contributed by atoms with Gasteiger partial charge in [-0.05, 0) is 36.2 Å². The Kier molecular flexibility index (Phi) is 7.49. The second-order valence-corrected chi connectivity index (χ2v) is 9.43. The van der Waals surface area contributed by atoms with Gasteiger partial charge in [-0.2, -0.15) is 0 Å². The van der Waals surface area contributed by atoms with E-state index in [1.165, 1.54) is 6.26 Å². The number of piperazine rings is 1. The van der Waals surface area contributed by atoms with Crippen LogP contribution in [0, 0.1) is 0 Å². The van der Waals surface area contributed by atoms with Crippen LogP contribution in [-0.2, 0) is 4.79 Å². The number of nitrogens with zero attached hydrogens (tertiary/aromatic N) is 3. The fraction of sp³-hybridized carbons (Fsp3) is 0.500. The van der Waals surface area contributed by atoms with Gasteiger partial charge < -0.3 is 23.7 Å². The van der Waals surface area contributed by atoms with Crippen LogP contribution in [0.2, 0.25) is 0 Å². The monoisotopic (exact) mass is 473 g/mol. The van der Waals surface area contributed by atoms with Gasteiger partial charge in [0.1, 0.15) is 5.37 Å². The minimum Gasteiger partial charge on any atom is -0.493 e. The number of carbonyl (C=O) groups excluding carboxylic acids is 2. The van der Waals surface area contributed by atoms with Gasteiger partial charge in [0, 0.05) is 39.3 Å². The Hall–Kier alpha value is -2.65. The molecule has 2 saturated heterocycles. The average Bonchev–Trinajstić information content (AvgIpc) is 3.50. The molecule has 178 valence electrons. The number of methoxy groups -OCH3 is 2. The lowest BCUT2D eigenvalue weighted by molar-refractivity contribution is -0.130. The second kappa shape index (κ2) is 10.5. The van der Waals surface area contributed by atoms with Gasteiger partial charge in [-0.15, -0.1) is 11.8 Å². The summed E-state index contributed by atoms with van der Waals surface area (Å²) in [4.78, 5) is 31.7. The molecule has 0 radical (unpaired) electrons. The minimum absolute atomic E-state index is 0.0362. The molecule has 9 heteroatoms. The van der Waals surface area contributed by atoms with Crippen LogP contribution in [0.15, 0.2) is 41.0 Å². The van der Waals surface area contributed by atoms with Gasteiger partial charge in [0.2, 0.25) is 5.91 Å². The normalized spacial score (nSPS) is 21.5. The van der Waals surface area contributed by atoms with Crippen molar-refractivity contribution in [1.29, 1.82) is 0 Å². The Morgan fingerprint density at radius 1 is 1.09 bits per heavy atom. The SMILES string of the molecule is CCC1SC(c2ccc(OC)c(OC)c2)N(CCN2CCN(C(=O)c3ccco3)CC2)C1=O. The first-order valence-electron chi connectivity index (χ1n) is 11.3. The number of ether oxygens (including phenoxy) is 2. The topological polar surface area (TPSA) is 75.5 Å². The van der Waals surface area contributed by atoms with E-state index in [1.807, 2.05) is 28.0 Å². The Bertz CT molecular complexity index is 959. The van der Waals surface area contributed by atoms with Gasteiger partial charge in [-0.1, -0.05) is 13.0 Å². The van der Waals surface area contributed by atoms with Crippen molar-refractivity contribution in [3.63, 3.8) is 0 Å². The zero-order valence-electron chi connectivity index (χ0n) is 19.4. The van der Waals surface area contributed by atoms with Crippen molar-refractivity contribution in [1.82, 2.24) is 14.7 Å². The van der Waals surface area contributed by atoms with E-state index in [4.69, 9.17) is 13.9 Å². The molecular formula is C24H31N3O5S. The largest absolute Gasteiger partial charge is 0.493 e. The summed E-state index contributed by atoms with van der Waals surface area (Å²) in [5.41, 5.74) is 1.04. The maximum atomic E-state index is 13.1. The molecule has 8 nitrogen and oxygen atoms in total. The summed E-state index contributed by atoms with van der Waals surface area (Å²) < 4.78 is 16.1. The van der Waals surface area contributed by atoms with E-state index < -0.39 is 0 Å². The number of benzene rings is 1. The van der Waals surface area contributed by atoms with Crippen molar-refractivity contribution in [2.75, 3.05) is 53.5 Å². The molecular weight excluding hydrogens is 442 g/mol. The molecule has 1 aromatic carbocycles. The number of hydrogen-bond acceptors (Lipinski definition) is 7. The van der Waals surface area contributed by atoms with E-state index in [0.717, 1.165) is 31.6 Å². The first kappa shape index (κ1) is 23.5. The standard InChI is InChI=1S/C24H31N3O5S/c1-4-21-23(29)27(24(33-21)17-7-8-18(30-2)20(16-17)31-3)14-11-25-9-12-26(13-10-25)22(28)19-6-5-15-32-19/h5-8,15-16,21,24H,4,9-14H2,1-3H3. The van der Waals surface area contributed by atoms with Crippen LogP contribution in [0.25, 0.3) is 0 Å². The number of furan rings is 1. The molecule has 0 N–H and O–H groups in total. The molecule has 0 spiro atoms. The zero-order chi connectivity index (χ0) is 23.4. The maximum absolute atomic E-state index is 13.1. The number of carbonyl (C=O) groups is 2. The van der Waals surface area contributed by atoms with Crippen LogP contribution in [-0.4, -0.2) is 85.3 Å². The molecule has 33 heavy (non-hydrogen) atoms. The van der Waals surface area contributed by atoms with Crippen LogP contribution in [0.3, 0.4) is 0 Å². The molecule has 1 aromatic heterocycles. The second-order valence-electron chi connectivity index (χ2n) is 8.14. The van der Waals surface area contributed by atoms with E-state index in [0.29, 0.717) is 36.9 Å². The highest BCUT2D eigenvalue weighted by molar-refractivity contribution is 8.01. The smallest absolute Gasteiger partial charge is 0.289 e. The van der Waals surface area contributed by atoms with Crippen LogP contribution in [0.5, 0.6) is 11.5 Å². The summed E-state index contributed by atoms with van der Waals surface area (Å²) in [5, 5.41) is -0.0880. The summed E-state index contributed by atoms with van der Waals surface area (Å²) in [6, 6.07) is 9.30. The third kappa shape index (κ3) is 4.99. The Morgan fingerprint density at radius 3 is 2.48 bits per heavy atom. The lowest BCUT2D eigenvalue weighted by Gasteiger charge is -2.35. The molecule has 2 unspecified atom stereocenters. The van der Waals surface area contributed by atoms with Gasteiger partial charge in [-0.3, -0.25) is 14.5 Å². The molecule has 2 fully saturated rings. The van der Waals surface area contributed by atoms with Crippen LogP contribution in [0.1, 0.15) is 34.8 Å². The summed E-state index contributed by atoms with van der Waals surface area (Å²) in [5.74, 6) is 1.85. The van der Waals surface area contributed by atoms with Crippen LogP contribution >= 0.6 is 11.8 Å². The molecule has 3 heterocycles. The number of thioether (sulfide) groups is 1. The molecule has 0 saturated carbocycles. The lowest BCUT2D eigenvalue weighted by atomic mass is 10.1. The van der Waals surface area contributed by atoms with Crippen molar-refractivity contribution < 1.29 is 23.5 Å². The van der Waals surface area contributed by atoms with E-state index in [-0.39, 0.29) is 22.4 Å². The van der Waals surface area contributed by atoms with E-state index in [9.17, 15) is 9.59 Å². The molecule has 2 aliphatic heterocycles. The van der Waals surface area contributed by atoms with Gasteiger partial charge in [0.05, 0.1) is 25.7 Å². The van der Waals surface area contributed by atoms with E-state index in [2.05, 4.69) is 11.8 Å². The Morgan fingerprint density at radius 2 is 1.85 bits per heavy atom. The fourth-order valence-electron chi connectivity index (χ4n) is 4.33. The number of rotatable bonds is 8. The van der Waals surface area contributed by atoms with Gasteiger partial charge >= 0.3 is 0 Å². The van der Waals surface area contributed by atoms with Crippen molar-refractivity contribution in [2.24, 2.45) is 0 Å². The molecule has 0 aliphatic carbocycles. The first-order chi connectivity index (χ1) is 16.0. The fourth-order valence-corrected chi connectivity index (χ4v) is 5.75. The first-order valence-corrected chi connectivity index (χ1v) is 12.2. The highest BCUT2D eigenvalue weighted by Crippen LogP contribution is 2.45. The van der Waals surface area contributed by atoms with Crippen molar-refractivity contribution in [2.45, 2.75) is 24.0 Å².